The van der Waals surface area contributed by atoms with Crippen molar-refractivity contribution in [1.29, 1.82) is 0 Å². The first kappa shape index (κ1) is 29.7. The van der Waals surface area contributed by atoms with Gasteiger partial charge in [-0.05, 0) is 56.8 Å². The zero-order chi connectivity index (χ0) is 29.9. The first-order valence-electron chi connectivity index (χ1n) is 13.3. The van der Waals surface area contributed by atoms with E-state index in [1.807, 2.05) is 0 Å². The summed E-state index contributed by atoms with van der Waals surface area (Å²) in [5.74, 6) is -1.19. The average Bonchev–Trinajstić information content (AvgIpc) is 3.40. The lowest BCUT2D eigenvalue weighted by Gasteiger charge is -2.18. The van der Waals surface area contributed by atoms with Gasteiger partial charge in [0.2, 0.25) is 0 Å². The van der Waals surface area contributed by atoms with E-state index in [4.69, 9.17) is 0 Å². The molecule has 1 aromatic heterocycles. The van der Waals surface area contributed by atoms with E-state index in [9.17, 15) is 28.1 Å². The number of likely N-dealkylation sites (N-methyl/N-ethyl adjacent to an activating group) is 1. The fourth-order valence-corrected chi connectivity index (χ4v) is 6.36. The summed E-state index contributed by atoms with van der Waals surface area (Å²) in [4.78, 5) is 42.0. The first-order valence-corrected chi connectivity index (χ1v) is 14.9. The molecule has 2 aromatic carbocycles. The molecule has 1 aliphatic rings. The molecule has 41 heavy (non-hydrogen) atoms. The van der Waals surface area contributed by atoms with Crippen molar-refractivity contribution in [2.24, 2.45) is 0 Å². The Morgan fingerprint density at radius 3 is 2.51 bits per heavy atom. The van der Waals surface area contributed by atoms with E-state index in [2.05, 4.69) is 34.4 Å². The van der Waals surface area contributed by atoms with Crippen LogP contribution < -0.4 is 10.6 Å². The SMILES string of the molecule is CCN(CC)CCNC(=O)c1c(C)[nH]c(C=C2C(=O)Nc3ccc(S(=O)(=O)Cc4ccccc4[N+](=O)[O-])cc32)c1C. The van der Waals surface area contributed by atoms with Crippen LogP contribution in [0.25, 0.3) is 11.6 Å². The number of benzene rings is 2. The molecule has 3 aromatic rings. The third-order valence-corrected chi connectivity index (χ3v) is 8.93. The van der Waals surface area contributed by atoms with E-state index in [-0.39, 0.29) is 27.6 Å². The van der Waals surface area contributed by atoms with Crippen molar-refractivity contribution in [3.05, 3.63) is 86.2 Å². The molecule has 0 atom stereocenters. The van der Waals surface area contributed by atoms with E-state index < -0.39 is 26.4 Å². The molecule has 0 bridgehead atoms. The van der Waals surface area contributed by atoms with Crippen LogP contribution in [0, 0.1) is 24.0 Å². The Morgan fingerprint density at radius 2 is 1.83 bits per heavy atom. The van der Waals surface area contributed by atoms with E-state index in [0.29, 0.717) is 40.3 Å². The molecule has 11 nitrogen and oxygen atoms in total. The van der Waals surface area contributed by atoms with Gasteiger partial charge in [-0.2, -0.15) is 0 Å². The smallest absolute Gasteiger partial charge is 0.273 e. The number of anilines is 1. The maximum absolute atomic E-state index is 13.3. The molecule has 0 saturated carbocycles. The number of nitro benzene ring substituents is 1. The number of hydrogen-bond acceptors (Lipinski definition) is 7. The van der Waals surface area contributed by atoms with Crippen LogP contribution in [0.15, 0.2) is 47.4 Å². The van der Waals surface area contributed by atoms with Crippen LogP contribution in [-0.2, 0) is 20.4 Å². The summed E-state index contributed by atoms with van der Waals surface area (Å²) in [5, 5.41) is 17.1. The number of nitrogens with one attached hydrogen (secondary N) is 3. The van der Waals surface area contributed by atoms with E-state index in [1.54, 1.807) is 26.0 Å². The highest BCUT2D eigenvalue weighted by Gasteiger charge is 2.29. The van der Waals surface area contributed by atoms with Crippen molar-refractivity contribution < 1.29 is 22.9 Å². The number of carbonyl (C=O) groups excluding carboxylic acids is 2. The van der Waals surface area contributed by atoms with Gasteiger partial charge in [0.1, 0.15) is 0 Å². The zero-order valence-electron chi connectivity index (χ0n) is 23.4. The number of aryl methyl sites for hydroxylation is 1. The molecule has 12 heteroatoms. The van der Waals surface area contributed by atoms with Crippen molar-refractivity contribution in [2.75, 3.05) is 31.5 Å². The van der Waals surface area contributed by atoms with Gasteiger partial charge in [0.05, 0.1) is 26.7 Å². The summed E-state index contributed by atoms with van der Waals surface area (Å²) >= 11 is 0. The summed E-state index contributed by atoms with van der Waals surface area (Å²) in [6, 6.07) is 9.96. The Balaban J connectivity index is 1.63. The molecule has 0 spiro atoms. The minimum Gasteiger partial charge on any atom is -0.358 e. The summed E-state index contributed by atoms with van der Waals surface area (Å²) in [5.41, 5.74) is 3.23. The molecule has 0 radical (unpaired) electrons. The molecule has 3 N–H and O–H groups in total. The number of rotatable bonds is 11. The van der Waals surface area contributed by atoms with Gasteiger partial charge >= 0.3 is 0 Å². The minimum atomic E-state index is -3.98. The highest BCUT2D eigenvalue weighted by atomic mass is 32.2. The average molecular weight is 580 g/mol. The lowest BCUT2D eigenvalue weighted by atomic mass is 10.0. The first-order chi connectivity index (χ1) is 19.5. The molecular formula is C29H33N5O6S. The standard InChI is InChI=1S/C29H33N5O6S/c1-5-33(6-2)14-13-30-29(36)27-18(3)25(31-19(27)4)16-23-22-15-21(11-12-24(22)32-28(23)35)41(39,40)17-20-9-7-8-10-26(20)34(37)38/h7-12,15-16,31H,5-6,13-14,17H2,1-4H3,(H,30,36)(H,32,35). The fourth-order valence-electron chi connectivity index (χ4n) is 4.96. The van der Waals surface area contributed by atoms with Crippen molar-refractivity contribution in [3.63, 3.8) is 0 Å². The number of nitrogens with zero attached hydrogens (tertiary/aromatic N) is 2. The van der Waals surface area contributed by atoms with E-state index in [0.717, 1.165) is 19.6 Å². The highest BCUT2D eigenvalue weighted by Crippen LogP contribution is 2.36. The van der Waals surface area contributed by atoms with Crippen LogP contribution in [0.4, 0.5) is 11.4 Å². The lowest BCUT2D eigenvalue weighted by molar-refractivity contribution is -0.385. The Labute approximate surface area is 238 Å². The second kappa shape index (κ2) is 12.1. The summed E-state index contributed by atoms with van der Waals surface area (Å²) in [6.07, 6.45) is 1.61. The molecular weight excluding hydrogens is 546 g/mol. The van der Waals surface area contributed by atoms with Gasteiger partial charge in [-0.1, -0.05) is 32.0 Å². The molecule has 0 fully saturated rings. The van der Waals surface area contributed by atoms with E-state index >= 15 is 0 Å². The van der Waals surface area contributed by atoms with Crippen LogP contribution in [0.3, 0.4) is 0 Å². The number of sulfone groups is 1. The predicted molar refractivity (Wildman–Crippen MR) is 157 cm³/mol. The quantitative estimate of drug-likeness (QED) is 0.176. The number of para-hydroxylation sites is 1. The van der Waals surface area contributed by atoms with Gasteiger partial charge in [0.25, 0.3) is 17.5 Å². The number of amides is 2. The number of carbonyl (C=O) groups is 2. The number of aromatic nitrogens is 1. The van der Waals surface area contributed by atoms with Crippen LogP contribution in [0.2, 0.25) is 0 Å². The van der Waals surface area contributed by atoms with Crippen LogP contribution in [0.1, 0.15) is 52.3 Å². The highest BCUT2D eigenvalue weighted by molar-refractivity contribution is 7.90. The molecule has 0 saturated heterocycles. The zero-order valence-corrected chi connectivity index (χ0v) is 24.2. The topological polar surface area (TPSA) is 155 Å². The maximum atomic E-state index is 13.3. The monoisotopic (exact) mass is 579 g/mol. The van der Waals surface area contributed by atoms with Gasteiger partial charge in [-0.25, -0.2) is 8.42 Å². The lowest BCUT2D eigenvalue weighted by Crippen LogP contribution is -2.35. The number of nitro groups is 1. The molecule has 2 amide bonds. The second-order valence-corrected chi connectivity index (χ2v) is 11.8. The second-order valence-electron chi connectivity index (χ2n) is 9.81. The maximum Gasteiger partial charge on any atom is 0.273 e. The van der Waals surface area contributed by atoms with Crippen molar-refractivity contribution >= 4 is 44.7 Å². The molecule has 1 aliphatic heterocycles. The van der Waals surface area contributed by atoms with Crippen LogP contribution >= 0.6 is 0 Å². The van der Waals surface area contributed by atoms with Gasteiger partial charge in [-0.3, -0.25) is 19.7 Å². The summed E-state index contributed by atoms with van der Waals surface area (Å²) < 4.78 is 26.5. The Bertz CT molecular complexity index is 1650. The molecule has 2 heterocycles. The van der Waals surface area contributed by atoms with Crippen molar-refractivity contribution in [2.45, 2.75) is 38.3 Å². The van der Waals surface area contributed by atoms with Crippen molar-refractivity contribution in [1.82, 2.24) is 15.2 Å². The number of fused-ring (bicyclic) bond motifs is 1. The Hall–Kier alpha value is -4.29. The van der Waals surface area contributed by atoms with Gasteiger partial charge < -0.3 is 20.5 Å². The number of aromatic amines is 1. The van der Waals surface area contributed by atoms with Crippen LogP contribution in [0.5, 0.6) is 0 Å². The Morgan fingerprint density at radius 1 is 1.12 bits per heavy atom. The number of H-pyrrole nitrogens is 1. The Kier molecular flexibility index (Phi) is 8.74. The van der Waals surface area contributed by atoms with Gasteiger partial charge in [0.15, 0.2) is 9.84 Å². The largest absolute Gasteiger partial charge is 0.358 e. The number of hydrogen-bond donors (Lipinski definition) is 3. The minimum absolute atomic E-state index is 0.0653. The molecule has 216 valence electrons. The predicted octanol–water partition coefficient (Wildman–Crippen LogP) is 4.08. The summed E-state index contributed by atoms with van der Waals surface area (Å²) in [7, 11) is -3.98. The fraction of sp³-hybridized carbons (Fsp3) is 0.310. The molecule has 0 aliphatic carbocycles. The van der Waals surface area contributed by atoms with Crippen LogP contribution in [-0.4, -0.2) is 61.2 Å². The molecule has 4 rings (SSSR count). The van der Waals surface area contributed by atoms with Crippen molar-refractivity contribution in [3.8, 4) is 0 Å². The normalized spacial score (nSPS) is 13.9. The third kappa shape index (κ3) is 6.23. The molecule has 0 unspecified atom stereocenters. The third-order valence-electron chi connectivity index (χ3n) is 7.27. The van der Waals surface area contributed by atoms with Gasteiger partial charge in [0, 0.05) is 47.4 Å². The summed E-state index contributed by atoms with van der Waals surface area (Å²) in [6.45, 7) is 10.7. The van der Waals surface area contributed by atoms with Gasteiger partial charge in [-0.15, -0.1) is 0 Å². The van der Waals surface area contributed by atoms with E-state index in [1.165, 1.54) is 36.4 Å².